The number of ether oxygens (including phenoxy) is 4. The van der Waals surface area contributed by atoms with Crippen molar-refractivity contribution in [1.29, 1.82) is 0 Å². The lowest BCUT2D eigenvalue weighted by Gasteiger charge is -2.08. The van der Waals surface area contributed by atoms with Crippen molar-refractivity contribution < 1.29 is 28.5 Å². The van der Waals surface area contributed by atoms with E-state index in [0.717, 1.165) is 0 Å². The lowest BCUT2D eigenvalue weighted by atomic mass is 10.2. The molecule has 0 atom stereocenters. The number of hydrogen-bond donors (Lipinski definition) is 2. The Balaban J connectivity index is 1.37. The second kappa shape index (κ2) is 8.92. The van der Waals surface area contributed by atoms with Crippen molar-refractivity contribution in [2.45, 2.75) is 6.42 Å². The minimum absolute atomic E-state index is 0.0633. The fourth-order valence-electron chi connectivity index (χ4n) is 2.90. The van der Waals surface area contributed by atoms with Crippen LogP contribution in [0.1, 0.15) is 16.1 Å². The number of fused-ring (bicyclic) bond motifs is 1. The molecule has 0 saturated carbocycles. The van der Waals surface area contributed by atoms with E-state index in [1.807, 2.05) is 0 Å². The molecule has 1 aromatic heterocycles. The SMILES string of the molecule is COc1cc(OC)cc(C(=O)Nc2nc(CC(=O)Nc3ccc4c(c3)OCO4)cs2)c1. The molecule has 160 valence electrons. The predicted octanol–water partition coefficient (Wildman–Crippen LogP) is 3.32. The Labute approximate surface area is 181 Å². The van der Waals surface area contributed by atoms with Gasteiger partial charge in [0.05, 0.1) is 26.3 Å². The highest BCUT2D eigenvalue weighted by Gasteiger charge is 2.16. The summed E-state index contributed by atoms with van der Waals surface area (Å²) in [5.74, 6) is 1.65. The molecule has 3 aromatic rings. The Hall–Kier alpha value is -3.79. The monoisotopic (exact) mass is 441 g/mol. The molecule has 0 unspecified atom stereocenters. The minimum atomic E-state index is -0.358. The number of aromatic nitrogens is 1. The Morgan fingerprint density at radius 1 is 1.03 bits per heavy atom. The highest BCUT2D eigenvalue weighted by atomic mass is 32.1. The molecule has 1 aliphatic rings. The number of hydrogen-bond acceptors (Lipinski definition) is 8. The quantitative estimate of drug-likeness (QED) is 0.579. The fraction of sp³-hybridized carbons (Fsp3) is 0.190. The van der Waals surface area contributed by atoms with Crippen LogP contribution >= 0.6 is 11.3 Å². The number of thiazole rings is 1. The number of rotatable bonds is 7. The summed E-state index contributed by atoms with van der Waals surface area (Å²) in [7, 11) is 3.02. The molecule has 2 aromatic carbocycles. The van der Waals surface area contributed by atoms with Crippen LogP contribution in [0.4, 0.5) is 10.8 Å². The molecule has 31 heavy (non-hydrogen) atoms. The van der Waals surface area contributed by atoms with Gasteiger partial charge in [-0.3, -0.25) is 14.9 Å². The summed E-state index contributed by atoms with van der Waals surface area (Å²) in [5.41, 5.74) is 1.51. The zero-order valence-corrected chi connectivity index (χ0v) is 17.6. The fourth-order valence-corrected chi connectivity index (χ4v) is 3.60. The zero-order valence-electron chi connectivity index (χ0n) is 16.8. The van der Waals surface area contributed by atoms with Crippen LogP contribution in [0.15, 0.2) is 41.8 Å². The van der Waals surface area contributed by atoms with Crippen LogP contribution in [-0.2, 0) is 11.2 Å². The van der Waals surface area contributed by atoms with E-state index in [1.54, 1.807) is 41.8 Å². The molecule has 0 radical (unpaired) electrons. The molecular weight excluding hydrogens is 422 g/mol. The van der Waals surface area contributed by atoms with Crippen LogP contribution in [0.25, 0.3) is 0 Å². The van der Waals surface area contributed by atoms with Crippen molar-refractivity contribution in [3.05, 3.63) is 53.0 Å². The van der Waals surface area contributed by atoms with Gasteiger partial charge >= 0.3 is 0 Å². The first-order valence-electron chi connectivity index (χ1n) is 9.22. The Kier molecular flexibility index (Phi) is 5.89. The van der Waals surface area contributed by atoms with Gasteiger partial charge in [0.2, 0.25) is 12.7 Å². The van der Waals surface area contributed by atoms with Gasteiger partial charge in [-0.05, 0) is 24.3 Å². The van der Waals surface area contributed by atoms with Crippen LogP contribution in [0.5, 0.6) is 23.0 Å². The van der Waals surface area contributed by atoms with Crippen molar-refractivity contribution in [2.75, 3.05) is 31.6 Å². The molecule has 0 aliphatic carbocycles. The summed E-state index contributed by atoms with van der Waals surface area (Å²) < 4.78 is 20.9. The van der Waals surface area contributed by atoms with Crippen LogP contribution in [-0.4, -0.2) is 37.8 Å². The molecule has 0 saturated heterocycles. The average molecular weight is 441 g/mol. The molecule has 10 heteroatoms. The molecule has 9 nitrogen and oxygen atoms in total. The van der Waals surface area contributed by atoms with Gasteiger partial charge < -0.3 is 24.3 Å². The topological polar surface area (TPSA) is 108 Å². The number of amides is 2. The van der Waals surface area contributed by atoms with E-state index in [9.17, 15) is 9.59 Å². The Morgan fingerprint density at radius 3 is 2.52 bits per heavy atom. The first-order chi connectivity index (χ1) is 15.0. The Bertz CT molecular complexity index is 1110. The Morgan fingerprint density at radius 2 is 1.77 bits per heavy atom. The summed E-state index contributed by atoms with van der Waals surface area (Å²) in [6.45, 7) is 0.169. The van der Waals surface area contributed by atoms with Gasteiger partial charge in [0.15, 0.2) is 16.6 Å². The van der Waals surface area contributed by atoms with Crippen LogP contribution in [0, 0.1) is 0 Å². The number of benzene rings is 2. The molecule has 0 bridgehead atoms. The van der Waals surface area contributed by atoms with E-state index >= 15 is 0 Å². The first-order valence-corrected chi connectivity index (χ1v) is 10.1. The second-order valence-electron chi connectivity index (χ2n) is 6.49. The summed E-state index contributed by atoms with van der Waals surface area (Å²) in [4.78, 5) is 29.2. The summed E-state index contributed by atoms with van der Waals surface area (Å²) >= 11 is 1.23. The van der Waals surface area contributed by atoms with Crippen molar-refractivity contribution in [1.82, 2.24) is 4.98 Å². The maximum Gasteiger partial charge on any atom is 0.257 e. The van der Waals surface area contributed by atoms with Gasteiger partial charge in [-0.15, -0.1) is 11.3 Å². The second-order valence-corrected chi connectivity index (χ2v) is 7.35. The van der Waals surface area contributed by atoms with Gasteiger partial charge in [-0.2, -0.15) is 0 Å². The van der Waals surface area contributed by atoms with Gasteiger partial charge in [-0.1, -0.05) is 0 Å². The standard InChI is InChI=1S/C21H19N3O6S/c1-27-15-5-12(6-16(9-15)28-2)20(26)24-21-23-14(10-31-21)8-19(25)22-13-3-4-17-18(7-13)30-11-29-17/h3-7,9-10H,8,11H2,1-2H3,(H,22,25)(H,23,24,26). The van der Waals surface area contributed by atoms with Gasteiger partial charge in [0.1, 0.15) is 11.5 Å². The summed E-state index contributed by atoms with van der Waals surface area (Å²) in [6, 6.07) is 10.1. The molecule has 0 spiro atoms. The van der Waals surface area contributed by atoms with Gasteiger partial charge in [0.25, 0.3) is 5.91 Å². The van der Waals surface area contributed by atoms with Crippen LogP contribution < -0.4 is 29.6 Å². The molecule has 2 heterocycles. The number of carbonyl (C=O) groups excluding carboxylic acids is 2. The number of nitrogens with zero attached hydrogens (tertiary/aromatic N) is 1. The highest BCUT2D eigenvalue weighted by Crippen LogP contribution is 2.34. The number of methoxy groups -OCH3 is 2. The average Bonchev–Trinajstić information content (AvgIpc) is 3.42. The molecular formula is C21H19N3O6S. The van der Waals surface area contributed by atoms with E-state index in [1.165, 1.54) is 25.6 Å². The highest BCUT2D eigenvalue weighted by molar-refractivity contribution is 7.14. The number of nitrogens with one attached hydrogen (secondary N) is 2. The van der Waals surface area contributed by atoms with Crippen molar-refractivity contribution in [2.24, 2.45) is 0 Å². The minimum Gasteiger partial charge on any atom is -0.497 e. The van der Waals surface area contributed by atoms with E-state index in [0.29, 0.717) is 45.1 Å². The first kappa shape index (κ1) is 20.5. The normalized spacial score (nSPS) is 11.7. The van der Waals surface area contributed by atoms with E-state index in [2.05, 4.69) is 15.6 Å². The van der Waals surface area contributed by atoms with Crippen LogP contribution in [0.2, 0.25) is 0 Å². The molecule has 4 rings (SSSR count). The van der Waals surface area contributed by atoms with E-state index in [-0.39, 0.29) is 25.0 Å². The lowest BCUT2D eigenvalue weighted by molar-refractivity contribution is -0.115. The van der Waals surface area contributed by atoms with Gasteiger partial charge in [-0.25, -0.2) is 4.98 Å². The van der Waals surface area contributed by atoms with Crippen molar-refractivity contribution >= 4 is 34.0 Å². The third-order valence-corrected chi connectivity index (χ3v) is 5.19. The summed E-state index contributed by atoms with van der Waals surface area (Å²) in [5, 5.41) is 7.63. The lowest BCUT2D eigenvalue weighted by Crippen LogP contribution is -2.15. The predicted molar refractivity (Wildman–Crippen MR) is 115 cm³/mol. The molecule has 2 N–H and O–H groups in total. The number of anilines is 2. The largest absolute Gasteiger partial charge is 0.497 e. The summed E-state index contributed by atoms with van der Waals surface area (Å²) in [6.07, 6.45) is 0.0633. The van der Waals surface area contributed by atoms with E-state index in [4.69, 9.17) is 18.9 Å². The van der Waals surface area contributed by atoms with Gasteiger partial charge in [0, 0.05) is 28.8 Å². The van der Waals surface area contributed by atoms with Crippen molar-refractivity contribution in [3.63, 3.8) is 0 Å². The molecule has 2 amide bonds. The van der Waals surface area contributed by atoms with Crippen molar-refractivity contribution in [3.8, 4) is 23.0 Å². The maximum atomic E-state index is 12.6. The number of carbonyl (C=O) groups is 2. The zero-order chi connectivity index (χ0) is 21.8. The third kappa shape index (κ3) is 4.86. The molecule has 1 aliphatic heterocycles. The van der Waals surface area contributed by atoms with Crippen LogP contribution in [0.3, 0.4) is 0 Å². The third-order valence-electron chi connectivity index (χ3n) is 4.38. The maximum absolute atomic E-state index is 12.6. The smallest absolute Gasteiger partial charge is 0.257 e. The molecule has 0 fully saturated rings. The van der Waals surface area contributed by atoms with E-state index < -0.39 is 0 Å².